The van der Waals surface area contributed by atoms with Crippen molar-refractivity contribution in [3.63, 3.8) is 0 Å². The van der Waals surface area contributed by atoms with Gasteiger partial charge in [0.05, 0.1) is 11.4 Å². The van der Waals surface area contributed by atoms with E-state index in [1.807, 2.05) is 12.1 Å². The van der Waals surface area contributed by atoms with Crippen LogP contribution >= 0.6 is 0 Å². The summed E-state index contributed by atoms with van der Waals surface area (Å²) in [6.45, 7) is 3.23. The van der Waals surface area contributed by atoms with Gasteiger partial charge < -0.3 is 4.90 Å². The Kier molecular flexibility index (Phi) is 3.47. The Labute approximate surface area is 153 Å². The number of aryl methyl sites for hydroxylation is 1. The van der Waals surface area contributed by atoms with Gasteiger partial charge in [0.25, 0.3) is 0 Å². The molecule has 1 aromatic carbocycles. The fourth-order valence-corrected chi connectivity index (χ4v) is 5.15. The Morgan fingerprint density at radius 3 is 2.65 bits per heavy atom. The molecule has 0 amide bonds. The molecule has 1 atom stereocenters. The highest BCUT2D eigenvalue weighted by Gasteiger charge is 2.29. The third kappa shape index (κ3) is 2.55. The average Bonchev–Trinajstić information content (AvgIpc) is 3.06. The van der Waals surface area contributed by atoms with E-state index >= 15 is 0 Å². The molecule has 0 bridgehead atoms. The van der Waals surface area contributed by atoms with Crippen molar-refractivity contribution in [2.75, 3.05) is 17.2 Å². The maximum atomic E-state index is 11.5. The zero-order valence-corrected chi connectivity index (χ0v) is 15.6. The van der Waals surface area contributed by atoms with Crippen LogP contribution in [0.3, 0.4) is 0 Å². The summed E-state index contributed by atoms with van der Waals surface area (Å²) in [7, 11) is -2.98. The largest absolute Gasteiger partial charge is 0.338 e. The second-order valence-electron chi connectivity index (χ2n) is 7.51. The Morgan fingerprint density at radius 2 is 1.96 bits per heavy atom. The van der Waals surface area contributed by atoms with Crippen LogP contribution in [0.1, 0.15) is 36.6 Å². The van der Waals surface area contributed by atoms with Gasteiger partial charge in [0.1, 0.15) is 0 Å². The molecule has 134 valence electrons. The first-order valence-electron chi connectivity index (χ1n) is 9.21. The van der Waals surface area contributed by atoms with Crippen LogP contribution in [-0.2, 0) is 22.7 Å². The first-order valence-corrected chi connectivity index (χ1v) is 10.9. The number of hydrogen-bond acceptors (Lipinski definition) is 5. The molecule has 3 aliphatic rings. The van der Waals surface area contributed by atoms with Gasteiger partial charge in [-0.25, -0.2) is 18.4 Å². The predicted octanol–water partition coefficient (Wildman–Crippen LogP) is 3.00. The molecule has 3 heterocycles. The number of aromatic nitrogens is 2. The standard InChI is InChI=1S/C20H21N3O2S/c1-13-8-9-23(13)20-21-18-7-3-6-17(18)19(22-20)15-5-2-4-14(10-15)16-11-26(24,25)12-16/h2,4-5,10-11,13H,3,6-9,12H2,1H3/t13-/m0/s1. The molecule has 5 rings (SSSR count). The van der Waals surface area contributed by atoms with E-state index in [1.54, 1.807) is 0 Å². The van der Waals surface area contributed by atoms with E-state index in [4.69, 9.17) is 9.97 Å². The molecule has 0 unspecified atom stereocenters. The number of benzene rings is 1. The van der Waals surface area contributed by atoms with Crippen LogP contribution < -0.4 is 4.90 Å². The minimum Gasteiger partial charge on any atom is -0.338 e. The highest BCUT2D eigenvalue weighted by atomic mass is 32.2. The molecule has 0 N–H and O–H groups in total. The molecule has 0 radical (unpaired) electrons. The van der Waals surface area contributed by atoms with Gasteiger partial charge in [-0.3, -0.25) is 0 Å². The number of hydrogen-bond donors (Lipinski definition) is 0. The lowest BCUT2D eigenvalue weighted by atomic mass is 10.00. The normalized spacial score (nSPS) is 23.0. The first kappa shape index (κ1) is 16.0. The van der Waals surface area contributed by atoms with Gasteiger partial charge in [0.15, 0.2) is 9.84 Å². The SMILES string of the molecule is C[C@H]1CCN1c1nc2c(c(-c3cccc(C4=CS(=O)(=O)C4)c3)n1)CCC2. The number of anilines is 1. The molecule has 2 aliphatic heterocycles. The van der Waals surface area contributed by atoms with Crippen LogP contribution in [-0.4, -0.2) is 36.7 Å². The quantitative estimate of drug-likeness (QED) is 0.834. The summed E-state index contributed by atoms with van der Waals surface area (Å²) in [6, 6.07) is 8.61. The summed E-state index contributed by atoms with van der Waals surface area (Å²) in [5, 5.41) is 1.38. The topological polar surface area (TPSA) is 63.2 Å². The molecule has 2 aromatic rings. The smallest absolute Gasteiger partial charge is 0.226 e. The van der Waals surface area contributed by atoms with Crippen molar-refractivity contribution in [2.45, 2.75) is 38.6 Å². The monoisotopic (exact) mass is 367 g/mol. The van der Waals surface area contributed by atoms with Gasteiger partial charge in [-0.1, -0.05) is 18.2 Å². The van der Waals surface area contributed by atoms with Crippen LogP contribution in [0.5, 0.6) is 0 Å². The minimum atomic E-state index is -2.98. The number of sulfone groups is 1. The van der Waals surface area contributed by atoms with Gasteiger partial charge in [0, 0.05) is 34.8 Å². The highest BCUT2D eigenvalue weighted by molar-refractivity contribution is 7.96. The average molecular weight is 367 g/mol. The van der Waals surface area contributed by atoms with E-state index in [1.165, 1.54) is 23.1 Å². The summed E-state index contributed by atoms with van der Waals surface area (Å²) in [4.78, 5) is 12.0. The van der Waals surface area contributed by atoms with E-state index in [-0.39, 0.29) is 5.75 Å². The summed E-state index contributed by atoms with van der Waals surface area (Å²) in [5.74, 6) is 0.977. The van der Waals surface area contributed by atoms with Crippen molar-refractivity contribution in [1.29, 1.82) is 0 Å². The summed E-state index contributed by atoms with van der Waals surface area (Å²) >= 11 is 0. The van der Waals surface area contributed by atoms with Crippen molar-refractivity contribution < 1.29 is 8.42 Å². The van der Waals surface area contributed by atoms with Gasteiger partial charge in [-0.2, -0.15) is 0 Å². The predicted molar refractivity (Wildman–Crippen MR) is 103 cm³/mol. The highest BCUT2D eigenvalue weighted by Crippen LogP contribution is 2.35. The van der Waals surface area contributed by atoms with E-state index in [0.29, 0.717) is 6.04 Å². The van der Waals surface area contributed by atoms with Crippen LogP contribution in [0, 0.1) is 0 Å². The molecule has 5 nitrogen and oxygen atoms in total. The lowest BCUT2D eigenvalue weighted by Crippen LogP contribution is -2.46. The second kappa shape index (κ2) is 5.64. The Bertz CT molecular complexity index is 1040. The van der Waals surface area contributed by atoms with Crippen molar-refractivity contribution in [3.05, 3.63) is 46.5 Å². The molecular weight excluding hydrogens is 346 g/mol. The summed E-state index contributed by atoms with van der Waals surface area (Å²) in [6.07, 6.45) is 4.35. The van der Waals surface area contributed by atoms with Gasteiger partial charge in [0.2, 0.25) is 5.95 Å². The van der Waals surface area contributed by atoms with Gasteiger partial charge >= 0.3 is 0 Å². The molecule has 0 saturated carbocycles. The Balaban J connectivity index is 1.60. The number of fused-ring (bicyclic) bond motifs is 1. The van der Waals surface area contributed by atoms with Crippen LogP contribution in [0.2, 0.25) is 0 Å². The minimum absolute atomic E-state index is 0.134. The van der Waals surface area contributed by atoms with Crippen molar-refractivity contribution >= 4 is 21.4 Å². The maximum Gasteiger partial charge on any atom is 0.226 e. The fraction of sp³-hybridized carbons (Fsp3) is 0.400. The Morgan fingerprint density at radius 1 is 1.15 bits per heavy atom. The number of rotatable bonds is 3. The Hall–Kier alpha value is -2.21. The zero-order chi connectivity index (χ0) is 17.9. The lowest BCUT2D eigenvalue weighted by Gasteiger charge is -2.39. The molecule has 26 heavy (non-hydrogen) atoms. The lowest BCUT2D eigenvalue weighted by molar-refractivity contribution is 0.470. The molecule has 6 heteroatoms. The van der Waals surface area contributed by atoms with Crippen LogP contribution in [0.15, 0.2) is 29.7 Å². The van der Waals surface area contributed by atoms with E-state index in [0.717, 1.165) is 54.1 Å². The first-order chi connectivity index (χ1) is 12.5. The number of nitrogens with zero attached hydrogens (tertiary/aromatic N) is 3. The molecule has 0 spiro atoms. The fourth-order valence-electron chi connectivity index (χ4n) is 4.03. The summed E-state index contributed by atoms with van der Waals surface area (Å²) in [5.41, 5.74) is 6.37. The van der Waals surface area contributed by atoms with E-state index in [9.17, 15) is 8.42 Å². The molecule has 1 fully saturated rings. The van der Waals surface area contributed by atoms with Gasteiger partial charge in [-0.15, -0.1) is 0 Å². The van der Waals surface area contributed by atoms with Crippen molar-refractivity contribution in [1.82, 2.24) is 9.97 Å². The summed E-state index contributed by atoms with van der Waals surface area (Å²) < 4.78 is 22.9. The van der Waals surface area contributed by atoms with Gasteiger partial charge in [-0.05, 0) is 49.8 Å². The van der Waals surface area contributed by atoms with Crippen molar-refractivity contribution in [2.24, 2.45) is 0 Å². The van der Waals surface area contributed by atoms with Crippen LogP contribution in [0.25, 0.3) is 16.8 Å². The molecule has 1 aliphatic carbocycles. The van der Waals surface area contributed by atoms with E-state index in [2.05, 4.69) is 24.0 Å². The molecule has 1 saturated heterocycles. The van der Waals surface area contributed by atoms with Crippen LogP contribution in [0.4, 0.5) is 5.95 Å². The van der Waals surface area contributed by atoms with Crippen molar-refractivity contribution in [3.8, 4) is 11.3 Å². The maximum absolute atomic E-state index is 11.5. The molecular formula is C20H21N3O2S. The third-order valence-corrected chi connectivity index (χ3v) is 7.04. The third-order valence-electron chi connectivity index (χ3n) is 5.68. The van der Waals surface area contributed by atoms with E-state index < -0.39 is 9.84 Å². The second-order valence-corrected chi connectivity index (χ2v) is 9.36. The zero-order valence-electron chi connectivity index (χ0n) is 14.8. The molecule has 1 aromatic heterocycles.